The zero-order valence-electron chi connectivity index (χ0n) is 16.0. The maximum atomic E-state index is 13.5. The fourth-order valence-corrected chi connectivity index (χ4v) is 3.71. The van der Waals surface area contributed by atoms with Crippen LogP contribution < -0.4 is 10.6 Å². The van der Waals surface area contributed by atoms with Crippen molar-refractivity contribution in [1.82, 2.24) is 20.2 Å². The quantitative estimate of drug-likeness (QED) is 0.759. The van der Waals surface area contributed by atoms with Crippen LogP contribution in [-0.4, -0.2) is 34.5 Å². The van der Waals surface area contributed by atoms with Crippen molar-refractivity contribution in [2.75, 3.05) is 13.1 Å². The Bertz CT molecular complexity index is 831. The highest BCUT2D eigenvalue weighted by molar-refractivity contribution is 5.85. The number of halogens is 2. The monoisotopic (exact) mass is 392 g/mol. The molecule has 1 aliphatic carbocycles. The van der Waals surface area contributed by atoms with E-state index in [-0.39, 0.29) is 36.6 Å². The predicted octanol–water partition coefficient (Wildman–Crippen LogP) is 3.35. The van der Waals surface area contributed by atoms with Crippen LogP contribution in [0.2, 0.25) is 0 Å². The van der Waals surface area contributed by atoms with Gasteiger partial charge in [-0.05, 0) is 25.0 Å². The second-order valence-corrected chi connectivity index (χ2v) is 7.36. The number of amides is 2. The van der Waals surface area contributed by atoms with Crippen LogP contribution in [0.3, 0.4) is 0 Å². The highest BCUT2D eigenvalue weighted by Gasteiger charge is 2.23. The standard InChI is InChI=1S/C20H26F2N4O2/c1-13(18-25-15-9-5-6-10-16(15)26(18)20(21)22)11-23-17(27)12-24-19(28)14-7-3-2-4-8-14/h5-6,9-10,13-14,20H,2-4,7-8,11-12H2,1H3,(H,23,27)(H,24,28)/t13-/m1/s1. The van der Waals surface area contributed by atoms with Gasteiger partial charge in [0, 0.05) is 18.4 Å². The largest absolute Gasteiger partial charge is 0.354 e. The molecule has 152 valence electrons. The molecule has 1 aromatic heterocycles. The van der Waals surface area contributed by atoms with Gasteiger partial charge in [0.25, 0.3) is 0 Å². The number of aromatic nitrogens is 2. The van der Waals surface area contributed by atoms with E-state index in [9.17, 15) is 18.4 Å². The van der Waals surface area contributed by atoms with Crippen molar-refractivity contribution in [2.45, 2.75) is 51.5 Å². The lowest BCUT2D eigenvalue weighted by Crippen LogP contribution is -2.41. The molecule has 2 amide bonds. The molecule has 1 heterocycles. The second-order valence-electron chi connectivity index (χ2n) is 7.36. The number of nitrogens with zero attached hydrogens (tertiary/aromatic N) is 2. The fraction of sp³-hybridized carbons (Fsp3) is 0.550. The first kappa shape index (κ1) is 20.2. The Morgan fingerprint density at radius 3 is 2.61 bits per heavy atom. The Kier molecular flexibility index (Phi) is 6.59. The summed E-state index contributed by atoms with van der Waals surface area (Å²) < 4.78 is 27.9. The van der Waals surface area contributed by atoms with E-state index in [0.29, 0.717) is 11.0 Å². The number of hydrogen-bond donors (Lipinski definition) is 2. The van der Waals surface area contributed by atoms with Crippen molar-refractivity contribution in [3.63, 3.8) is 0 Å². The first-order chi connectivity index (χ1) is 13.5. The van der Waals surface area contributed by atoms with E-state index in [0.717, 1.165) is 36.7 Å². The van der Waals surface area contributed by atoms with Crippen molar-refractivity contribution < 1.29 is 18.4 Å². The number of para-hydroxylation sites is 2. The number of hydrogen-bond acceptors (Lipinski definition) is 3. The van der Waals surface area contributed by atoms with Gasteiger partial charge >= 0.3 is 6.55 Å². The minimum atomic E-state index is -2.71. The Balaban J connectivity index is 1.54. The molecule has 0 spiro atoms. The Morgan fingerprint density at radius 1 is 1.18 bits per heavy atom. The van der Waals surface area contributed by atoms with Gasteiger partial charge in [-0.2, -0.15) is 8.78 Å². The van der Waals surface area contributed by atoms with Gasteiger partial charge in [-0.3, -0.25) is 14.2 Å². The average Bonchev–Trinajstić information content (AvgIpc) is 3.10. The van der Waals surface area contributed by atoms with Crippen molar-refractivity contribution in [2.24, 2.45) is 5.92 Å². The number of benzene rings is 1. The number of nitrogens with one attached hydrogen (secondary N) is 2. The molecule has 1 atom stereocenters. The average molecular weight is 392 g/mol. The third kappa shape index (κ3) is 4.66. The minimum Gasteiger partial charge on any atom is -0.354 e. The summed E-state index contributed by atoms with van der Waals surface area (Å²) in [4.78, 5) is 28.5. The predicted molar refractivity (Wildman–Crippen MR) is 102 cm³/mol. The molecular weight excluding hydrogens is 366 g/mol. The summed E-state index contributed by atoms with van der Waals surface area (Å²) in [7, 11) is 0. The van der Waals surface area contributed by atoms with Crippen molar-refractivity contribution in [1.29, 1.82) is 0 Å². The van der Waals surface area contributed by atoms with Crippen LogP contribution in [0.4, 0.5) is 8.78 Å². The van der Waals surface area contributed by atoms with Crippen LogP contribution in [0.15, 0.2) is 24.3 Å². The summed E-state index contributed by atoms with van der Waals surface area (Å²) in [5.74, 6) is -0.605. The molecule has 6 nitrogen and oxygen atoms in total. The van der Waals surface area contributed by atoms with Gasteiger partial charge in [0.2, 0.25) is 11.8 Å². The Hall–Kier alpha value is -2.51. The molecule has 2 N–H and O–H groups in total. The van der Waals surface area contributed by atoms with Crippen LogP contribution >= 0.6 is 0 Å². The molecule has 1 fully saturated rings. The molecular formula is C20H26F2N4O2. The summed E-state index contributed by atoms with van der Waals surface area (Å²) in [6.07, 6.45) is 4.99. The zero-order valence-corrected chi connectivity index (χ0v) is 16.0. The van der Waals surface area contributed by atoms with Crippen molar-refractivity contribution >= 4 is 22.8 Å². The third-order valence-corrected chi connectivity index (χ3v) is 5.26. The van der Waals surface area contributed by atoms with Crippen LogP contribution in [0.25, 0.3) is 11.0 Å². The normalized spacial score (nSPS) is 16.3. The fourth-order valence-electron chi connectivity index (χ4n) is 3.71. The molecule has 28 heavy (non-hydrogen) atoms. The summed E-state index contributed by atoms with van der Waals surface area (Å²) in [6.45, 7) is -0.919. The molecule has 8 heteroatoms. The number of carbonyl (C=O) groups is 2. The highest BCUT2D eigenvalue weighted by Crippen LogP contribution is 2.27. The summed E-state index contributed by atoms with van der Waals surface area (Å²) in [5, 5.41) is 5.37. The number of carbonyl (C=O) groups excluding carboxylic acids is 2. The first-order valence-corrected chi connectivity index (χ1v) is 9.76. The second kappa shape index (κ2) is 9.12. The summed E-state index contributed by atoms with van der Waals surface area (Å²) in [5.41, 5.74) is 0.862. The Morgan fingerprint density at radius 2 is 1.89 bits per heavy atom. The summed E-state index contributed by atoms with van der Waals surface area (Å²) >= 11 is 0. The molecule has 0 saturated heterocycles. The van der Waals surface area contributed by atoms with Gasteiger partial charge in [-0.15, -0.1) is 0 Å². The lowest BCUT2D eigenvalue weighted by Gasteiger charge is -2.20. The molecule has 0 bridgehead atoms. The molecule has 1 aromatic carbocycles. The van der Waals surface area contributed by atoms with Crippen LogP contribution in [0, 0.1) is 5.92 Å². The van der Waals surface area contributed by atoms with Gasteiger partial charge in [0.15, 0.2) is 0 Å². The van der Waals surface area contributed by atoms with Crippen LogP contribution in [0.1, 0.15) is 57.3 Å². The van der Waals surface area contributed by atoms with Crippen LogP contribution in [0.5, 0.6) is 0 Å². The maximum absolute atomic E-state index is 13.5. The Labute approximate surface area is 162 Å². The molecule has 2 aromatic rings. The topological polar surface area (TPSA) is 76.0 Å². The van der Waals surface area contributed by atoms with E-state index in [1.54, 1.807) is 31.2 Å². The van der Waals surface area contributed by atoms with E-state index in [2.05, 4.69) is 15.6 Å². The van der Waals surface area contributed by atoms with E-state index in [1.165, 1.54) is 0 Å². The van der Waals surface area contributed by atoms with Crippen molar-refractivity contribution in [3.8, 4) is 0 Å². The molecule has 0 unspecified atom stereocenters. The lowest BCUT2D eigenvalue weighted by molar-refractivity contribution is -0.129. The minimum absolute atomic E-state index is 0.00794. The molecule has 0 aliphatic heterocycles. The van der Waals surface area contributed by atoms with Gasteiger partial charge < -0.3 is 10.6 Å². The smallest absolute Gasteiger partial charge is 0.320 e. The number of fused-ring (bicyclic) bond motifs is 1. The zero-order chi connectivity index (χ0) is 20.1. The van der Waals surface area contributed by atoms with E-state index < -0.39 is 12.5 Å². The summed E-state index contributed by atoms with van der Waals surface area (Å²) in [6, 6.07) is 6.72. The van der Waals surface area contributed by atoms with E-state index in [4.69, 9.17) is 0 Å². The van der Waals surface area contributed by atoms with Gasteiger partial charge in [-0.25, -0.2) is 4.98 Å². The first-order valence-electron chi connectivity index (χ1n) is 9.76. The van der Waals surface area contributed by atoms with E-state index >= 15 is 0 Å². The van der Waals surface area contributed by atoms with E-state index in [1.807, 2.05) is 0 Å². The molecule has 1 aliphatic rings. The molecule has 0 radical (unpaired) electrons. The SMILES string of the molecule is C[C@H](CNC(=O)CNC(=O)C1CCCCC1)c1nc2ccccc2n1C(F)F. The third-order valence-electron chi connectivity index (χ3n) is 5.26. The lowest BCUT2D eigenvalue weighted by atomic mass is 9.89. The van der Waals surface area contributed by atoms with Crippen LogP contribution in [-0.2, 0) is 9.59 Å². The molecule has 3 rings (SSSR count). The van der Waals surface area contributed by atoms with Gasteiger partial charge in [0.05, 0.1) is 17.6 Å². The van der Waals surface area contributed by atoms with Gasteiger partial charge in [0.1, 0.15) is 5.82 Å². The highest BCUT2D eigenvalue weighted by atomic mass is 19.3. The maximum Gasteiger partial charge on any atom is 0.320 e. The molecule has 1 saturated carbocycles. The number of imidazole rings is 1. The number of alkyl halides is 2. The van der Waals surface area contributed by atoms with Gasteiger partial charge in [-0.1, -0.05) is 38.3 Å². The van der Waals surface area contributed by atoms with Crippen molar-refractivity contribution in [3.05, 3.63) is 30.1 Å². The number of rotatable bonds is 7.